The van der Waals surface area contributed by atoms with Crippen LogP contribution in [0, 0.1) is 5.92 Å². The molecule has 1 fully saturated rings. The molecule has 1 heterocycles. The van der Waals surface area contributed by atoms with E-state index in [2.05, 4.69) is 10.1 Å². The van der Waals surface area contributed by atoms with E-state index >= 15 is 0 Å². The molecule has 5 nitrogen and oxygen atoms in total. The lowest BCUT2D eigenvalue weighted by atomic mass is 9.79. The first kappa shape index (κ1) is 13.1. The molecule has 0 saturated heterocycles. The Kier molecular flexibility index (Phi) is 3.69. The van der Waals surface area contributed by atoms with Crippen LogP contribution in [0.1, 0.15) is 37.5 Å². The van der Waals surface area contributed by atoms with Crippen molar-refractivity contribution in [3.05, 3.63) is 30.2 Å². The van der Waals surface area contributed by atoms with Crippen molar-refractivity contribution >= 4 is 0 Å². The van der Waals surface area contributed by atoms with E-state index in [0.717, 1.165) is 18.4 Å². The standard InChI is InChI=1S/C15H19N3O2/c16-9-11-3-1-2-4-13(11)15-17-14(18-20-15)10-5-7-12(19)8-6-10/h5-8,11,13,19H,1-4,9,16H2. The van der Waals surface area contributed by atoms with Gasteiger partial charge in [-0.3, -0.25) is 0 Å². The fraction of sp³-hybridized carbons (Fsp3) is 0.467. The number of nitrogens with zero attached hydrogens (tertiary/aromatic N) is 2. The van der Waals surface area contributed by atoms with Gasteiger partial charge in [0, 0.05) is 11.5 Å². The van der Waals surface area contributed by atoms with Crippen LogP contribution in [-0.4, -0.2) is 21.8 Å². The Labute approximate surface area is 117 Å². The summed E-state index contributed by atoms with van der Waals surface area (Å²) in [6.07, 6.45) is 4.63. The van der Waals surface area contributed by atoms with Gasteiger partial charge in [-0.15, -0.1) is 0 Å². The monoisotopic (exact) mass is 273 g/mol. The fourth-order valence-electron chi connectivity index (χ4n) is 2.93. The average Bonchev–Trinajstić information content (AvgIpc) is 2.97. The molecule has 2 atom stereocenters. The number of hydrogen-bond donors (Lipinski definition) is 2. The van der Waals surface area contributed by atoms with Crippen molar-refractivity contribution < 1.29 is 9.63 Å². The Bertz CT molecular complexity index is 565. The molecule has 5 heteroatoms. The molecule has 20 heavy (non-hydrogen) atoms. The molecule has 1 aromatic heterocycles. The molecule has 1 aliphatic carbocycles. The summed E-state index contributed by atoms with van der Waals surface area (Å²) < 4.78 is 5.44. The van der Waals surface area contributed by atoms with Gasteiger partial charge in [-0.1, -0.05) is 18.0 Å². The Morgan fingerprint density at radius 3 is 2.70 bits per heavy atom. The largest absolute Gasteiger partial charge is 0.508 e. The van der Waals surface area contributed by atoms with Crippen LogP contribution in [0.25, 0.3) is 11.4 Å². The number of hydrogen-bond acceptors (Lipinski definition) is 5. The lowest BCUT2D eigenvalue weighted by Gasteiger charge is -2.27. The highest BCUT2D eigenvalue weighted by Gasteiger charge is 2.30. The zero-order chi connectivity index (χ0) is 13.9. The normalized spacial score (nSPS) is 22.9. The molecule has 2 unspecified atom stereocenters. The van der Waals surface area contributed by atoms with Crippen LogP contribution in [0.15, 0.2) is 28.8 Å². The van der Waals surface area contributed by atoms with E-state index in [-0.39, 0.29) is 11.7 Å². The highest BCUT2D eigenvalue weighted by atomic mass is 16.5. The van der Waals surface area contributed by atoms with E-state index in [9.17, 15) is 5.11 Å². The van der Waals surface area contributed by atoms with Gasteiger partial charge in [0.2, 0.25) is 11.7 Å². The van der Waals surface area contributed by atoms with E-state index in [1.165, 1.54) is 12.8 Å². The van der Waals surface area contributed by atoms with Crippen LogP contribution in [0.3, 0.4) is 0 Å². The smallest absolute Gasteiger partial charge is 0.230 e. The van der Waals surface area contributed by atoms with Crippen molar-refractivity contribution in [1.29, 1.82) is 0 Å². The van der Waals surface area contributed by atoms with E-state index < -0.39 is 0 Å². The number of benzene rings is 1. The summed E-state index contributed by atoms with van der Waals surface area (Å²) >= 11 is 0. The van der Waals surface area contributed by atoms with Crippen molar-refractivity contribution in [2.24, 2.45) is 11.7 Å². The van der Waals surface area contributed by atoms with Crippen LogP contribution in [0.5, 0.6) is 5.75 Å². The summed E-state index contributed by atoms with van der Waals surface area (Å²) in [5.74, 6) is 2.22. The van der Waals surface area contributed by atoms with E-state index in [1.807, 2.05) is 0 Å². The number of aromatic nitrogens is 2. The van der Waals surface area contributed by atoms with Gasteiger partial charge in [0.1, 0.15) is 5.75 Å². The fourth-order valence-corrected chi connectivity index (χ4v) is 2.93. The molecule has 106 valence electrons. The zero-order valence-electron chi connectivity index (χ0n) is 11.3. The van der Waals surface area contributed by atoms with Gasteiger partial charge >= 0.3 is 0 Å². The third kappa shape index (κ3) is 2.54. The minimum atomic E-state index is 0.230. The Morgan fingerprint density at radius 1 is 1.20 bits per heavy atom. The molecule has 3 rings (SSSR count). The topological polar surface area (TPSA) is 85.2 Å². The number of phenolic OH excluding ortho intramolecular Hbond substituents is 1. The molecular formula is C15H19N3O2. The van der Waals surface area contributed by atoms with Gasteiger partial charge in [-0.05, 0) is 49.6 Å². The molecule has 0 aliphatic heterocycles. The number of phenols is 1. The van der Waals surface area contributed by atoms with Crippen LogP contribution < -0.4 is 5.73 Å². The maximum atomic E-state index is 9.30. The predicted molar refractivity (Wildman–Crippen MR) is 75.2 cm³/mol. The van der Waals surface area contributed by atoms with Crippen LogP contribution in [0.4, 0.5) is 0 Å². The molecule has 2 aromatic rings. The Balaban J connectivity index is 1.84. The van der Waals surface area contributed by atoms with Crippen LogP contribution in [0.2, 0.25) is 0 Å². The molecule has 1 aromatic carbocycles. The Hall–Kier alpha value is -1.88. The van der Waals surface area contributed by atoms with Crippen molar-refractivity contribution in [3.63, 3.8) is 0 Å². The summed E-state index contributed by atoms with van der Waals surface area (Å²) in [6, 6.07) is 6.81. The van der Waals surface area contributed by atoms with Crippen LogP contribution in [-0.2, 0) is 0 Å². The predicted octanol–water partition coefficient (Wildman–Crippen LogP) is 2.67. The second-order valence-electron chi connectivity index (χ2n) is 5.39. The third-order valence-corrected chi connectivity index (χ3v) is 4.10. The van der Waals surface area contributed by atoms with E-state index in [0.29, 0.717) is 24.2 Å². The van der Waals surface area contributed by atoms with Crippen molar-refractivity contribution in [3.8, 4) is 17.1 Å². The summed E-state index contributed by atoms with van der Waals surface area (Å²) in [5.41, 5.74) is 6.69. The molecule has 0 spiro atoms. The zero-order valence-corrected chi connectivity index (χ0v) is 11.3. The Morgan fingerprint density at radius 2 is 1.95 bits per heavy atom. The SMILES string of the molecule is NCC1CCCCC1c1nc(-c2ccc(O)cc2)no1. The molecule has 1 aliphatic rings. The van der Waals surface area contributed by atoms with E-state index in [1.54, 1.807) is 24.3 Å². The van der Waals surface area contributed by atoms with Crippen LogP contribution >= 0.6 is 0 Å². The first-order chi connectivity index (χ1) is 9.78. The third-order valence-electron chi connectivity index (χ3n) is 4.10. The molecule has 0 amide bonds. The number of nitrogens with two attached hydrogens (primary N) is 1. The molecule has 1 saturated carbocycles. The highest BCUT2D eigenvalue weighted by molar-refractivity contribution is 5.55. The van der Waals surface area contributed by atoms with Gasteiger partial charge in [-0.25, -0.2) is 0 Å². The number of rotatable bonds is 3. The second-order valence-corrected chi connectivity index (χ2v) is 5.39. The second kappa shape index (κ2) is 5.63. The van der Waals surface area contributed by atoms with Gasteiger partial charge < -0.3 is 15.4 Å². The summed E-state index contributed by atoms with van der Waals surface area (Å²) in [7, 11) is 0. The maximum Gasteiger partial charge on any atom is 0.230 e. The van der Waals surface area contributed by atoms with Gasteiger partial charge in [0.05, 0.1) is 0 Å². The minimum absolute atomic E-state index is 0.230. The van der Waals surface area contributed by atoms with Crippen molar-refractivity contribution in [2.45, 2.75) is 31.6 Å². The van der Waals surface area contributed by atoms with Gasteiger partial charge in [-0.2, -0.15) is 4.98 Å². The molecule has 3 N–H and O–H groups in total. The van der Waals surface area contributed by atoms with Crippen molar-refractivity contribution in [2.75, 3.05) is 6.54 Å². The highest BCUT2D eigenvalue weighted by Crippen LogP contribution is 2.37. The quantitative estimate of drug-likeness (QED) is 0.898. The molecular weight excluding hydrogens is 254 g/mol. The van der Waals surface area contributed by atoms with Crippen molar-refractivity contribution in [1.82, 2.24) is 10.1 Å². The summed E-state index contributed by atoms with van der Waals surface area (Å²) in [6.45, 7) is 0.668. The van der Waals surface area contributed by atoms with E-state index in [4.69, 9.17) is 10.3 Å². The first-order valence-electron chi connectivity index (χ1n) is 7.11. The molecule has 0 bridgehead atoms. The van der Waals surface area contributed by atoms with Gasteiger partial charge in [0.25, 0.3) is 0 Å². The lowest BCUT2D eigenvalue weighted by Crippen LogP contribution is -2.25. The molecule has 0 radical (unpaired) electrons. The first-order valence-corrected chi connectivity index (χ1v) is 7.11. The average molecular weight is 273 g/mol. The maximum absolute atomic E-state index is 9.30. The number of aromatic hydroxyl groups is 1. The summed E-state index contributed by atoms with van der Waals surface area (Å²) in [5, 5.41) is 13.4. The minimum Gasteiger partial charge on any atom is -0.508 e. The lowest BCUT2D eigenvalue weighted by molar-refractivity contribution is 0.249. The summed E-state index contributed by atoms with van der Waals surface area (Å²) in [4.78, 5) is 4.52. The van der Waals surface area contributed by atoms with Gasteiger partial charge in [0.15, 0.2) is 0 Å².